The molecule has 1 aliphatic heterocycles. The van der Waals surface area contributed by atoms with E-state index < -0.39 is 0 Å². The molecule has 146 valence electrons. The van der Waals surface area contributed by atoms with Crippen LogP contribution >= 0.6 is 15.9 Å². The molecule has 0 spiro atoms. The zero-order valence-electron chi connectivity index (χ0n) is 16.3. The second-order valence-corrected chi connectivity index (χ2v) is 7.35. The van der Waals surface area contributed by atoms with Gasteiger partial charge in [-0.15, -0.1) is 0 Å². The fraction of sp³-hybridized carbons (Fsp3) is 0.632. The Morgan fingerprint density at radius 1 is 1.27 bits per heavy atom. The van der Waals surface area contributed by atoms with Crippen LogP contribution in [0.1, 0.15) is 31.7 Å². The van der Waals surface area contributed by atoms with Gasteiger partial charge < -0.3 is 25.0 Å². The van der Waals surface area contributed by atoms with E-state index in [2.05, 4.69) is 43.4 Å². The number of nitrogens with one attached hydrogen (secondary N) is 2. The summed E-state index contributed by atoms with van der Waals surface area (Å²) in [5.74, 6) is 2.26. The summed E-state index contributed by atoms with van der Waals surface area (Å²) in [7, 11) is 5.09. The molecule has 0 radical (unpaired) electrons. The summed E-state index contributed by atoms with van der Waals surface area (Å²) >= 11 is 3.54. The van der Waals surface area contributed by atoms with Gasteiger partial charge in [-0.2, -0.15) is 0 Å². The van der Waals surface area contributed by atoms with E-state index in [0.29, 0.717) is 24.1 Å². The van der Waals surface area contributed by atoms with Crippen molar-refractivity contribution in [3.8, 4) is 11.5 Å². The number of halogens is 1. The highest BCUT2D eigenvalue weighted by molar-refractivity contribution is 9.10. The van der Waals surface area contributed by atoms with Crippen LogP contribution in [-0.2, 0) is 6.54 Å². The van der Waals surface area contributed by atoms with Crippen molar-refractivity contribution in [2.24, 2.45) is 4.99 Å². The molecule has 1 aromatic rings. The van der Waals surface area contributed by atoms with Gasteiger partial charge in [-0.1, -0.05) is 6.92 Å². The Morgan fingerprint density at radius 3 is 2.58 bits per heavy atom. The minimum atomic E-state index is 0.478. The number of hydrogen-bond acceptors (Lipinski definition) is 4. The number of piperidine rings is 1. The molecule has 2 N–H and O–H groups in total. The van der Waals surface area contributed by atoms with E-state index in [4.69, 9.17) is 9.47 Å². The minimum absolute atomic E-state index is 0.478. The zero-order valence-corrected chi connectivity index (χ0v) is 17.9. The number of hydrogen-bond donors (Lipinski definition) is 2. The largest absolute Gasteiger partial charge is 0.493 e. The Kier molecular flexibility index (Phi) is 8.51. The van der Waals surface area contributed by atoms with Crippen molar-refractivity contribution in [1.82, 2.24) is 15.5 Å². The van der Waals surface area contributed by atoms with Gasteiger partial charge in [0.05, 0.1) is 18.7 Å². The van der Waals surface area contributed by atoms with Crippen molar-refractivity contribution in [3.63, 3.8) is 0 Å². The van der Waals surface area contributed by atoms with Crippen LogP contribution in [-0.4, -0.2) is 57.8 Å². The first kappa shape index (κ1) is 20.8. The van der Waals surface area contributed by atoms with E-state index in [1.165, 1.54) is 13.0 Å². The molecule has 1 aromatic carbocycles. The van der Waals surface area contributed by atoms with Crippen molar-refractivity contribution >= 4 is 21.9 Å². The van der Waals surface area contributed by atoms with E-state index in [1.54, 1.807) is 14.2 Å². The number of likely N-dealkylation sites (tertiary alicyclic amines) is 1. The number of aliphatic imine (C=N–C) groups is 1. The second-order valence-electron chi connectivity index (χ2n) is 6.50. The number of nitrogens with zero attached hydrogens (tertiary/aromatic N) is 2. The van der Waals surface area contributed by atoms with Crippen LogP contribution in [0.25, 0.3) is 0 Å². The van der Waals surface area contributed by atoms with Gasteiger partial charge in [0.2, 0.25) is 0 Å². The number of benzene rings is 1. The topological polar surface area (TPSA) is 58.1 Å². The summed E-state index contributed by atoms with van der Waals surface area (Å²) in [6, 6.07) is 4.49. The van der Waals surface area contributed by atoms with E-state index in [-0.39, 0.29) is 0 Å². The van der Waals surface area contributed by atoms with Crippen LogP contribution in [0.5, 0.6) is 11.5 Å². The highest BCUT2D eigenvalue weighted by atomic mass is 79.9. The number of rotatable bonds is 7. The lowest BCUT2D eigenvalue weighted by atomic mass is 10.1. The Labute approximate surface area is 165 Å². The van der Waals surface area contributed by atoms with Crippen LogP contribution < -0.4 is 20.1 Å². The molecule has 1 fully saturated rings. The Bertz CT molecular complexity index is 601. The molecule has 0 atom stereocenters. The van der Waals surface area contributed by atoms with E-state index in [1.807, 2.05) is 19.2 Å². The maximum atomic E-state index is 5.41. The molecule has 1 aliphatic rings. The lowest BCUT2D eigenvalue weighted by Gasteiger charge is -2.32. The van der Waals surface area contributed by atoms with Crippen molar-refractivity contribution in [2.75, 3.05) is 40.9 Å². The van der Waals surface area contributed by atoms with E-state index >= 15 is 0 Å². The summed E-state index contributed by atoms with van der Waals surface area (Å²) in [6.45, 7) is 6.42. The Hall–Kier alpha value is -1.47. The molecule has 0 amide bonds. The van der Waals surface area contributed by atoms with Crippen molar-refractivity contribution in [3.05, 3.63) is 22.2 Å². The van der Waals surface area contributed by atoms with Gasteiger partial charge in [-0.3, -0.25) is 4.99 Å². The standard InChI is InChI=1S/C19H31BrN4O2/c1-5-8-24-9-6-15(7-10-24)23-19(21-2)22-13-14-11-16(20)18(26-4)17(12-14)25-3/h11-12,15H,5-10,13H2,1-4H3,(H2,21,22,23). The fourth-order valence-corrected chi connectivity index (χ4v) is 3.92. The fourth-order valence-electron chi connectivity index (χ4n) is 3.26. The second kappa shape index (κ2) is 10.6. The third-order valence-corrected chi connectivity index (χ3v) is 5.23. The average Bonchev–Trinajstić information content (AvgIpc) is 2.66. The Morgan fingerprint density at radius 2 is 2.00 bits per heavy atom. The van der Waals surface area contributed by atoms with Crippen LogP contribution in [0.2, 0.25) is 0 Å². The van der Waals surface area contributed by atoms with Crippen LogP contribution in [0.15, 0.2) is 21.6 Å². The molecular formula is C19H31BrN4O2. The average molecular weight is 427 g/mol. The smallest absolute Gasteiger partial charge is 0.191 e. The minimum Gasteiger partial charge on any atom is -0.493 e. The molecule has 0 unspecified atom stereocenters. The van der Waals surface area contributed by atoms with Gasteiger partial charge >= 0.3 is 0 Å². The monoisotopic (exact) mass is 426 g/mol. The summed E-state index contributed by atoms with van der Waals surface area (Å²) < 4.78 is 11.6. The molecule has 0 aliphatic carbocycles. The molecule has 26 heavy (non-hydrogen) atoms. The summed E-state index contributed by atoms with van der Waals surface area (Å²) in [4.78, 5) is 6.90. The lowest BCUT2D eigenvalue weighted by molar-refractivity contribution is 0.206. The third-order valence-electron chi connectivity index (χ3n) is 4.65. The van der Waals surface area contributed by atoms with Crippen molar-refractivity contribution < 1.29 is 9.47 Å². The predicted octanol–water partition coefficient (Wildman–Crippen LogP) is 3.01. The number of methoxy groups -OCH3 is 2. The summed E-state index contributed by atoms with van der Waals surface area (Å²) in [5, 5.41) is 6.94. The van der Waals surface area contributed by atoms with Gasteiger partial charge in [-0.05, 0) is 59.4 Å². The predicted molar refractivity (Wildman–Crippen MR) is 110 cm³/mol. The lowest BCUT2D eigenvalue weighted by Crippen LogP contribution is -2.48. The summed E-state index contributed by atoms with van der Waals surface area (Å²) in [5.41, 5.74) is 1.09. The first-order valence-electron chi connectivity index (χ1n) is 9.21. The van der Waals surface area contributed by atoms with Gasteiger partial charge in [0.1, 0.15) is 0 Å². The molecule has 7 heteroatoms. The van der Waals surface area contributed by atoms with Crippen molar-refractivity contribution in [2.45, 2.75) is 38.8 Å². The normalized spacial score (nSPS) is 16.4. The molecule has 2 rings (SSSR count). The molecule has 1 saturated heterocycles. The van der Waals surface area contributed by atoms with Crippen molar-refractivity contribution in [1.29, 1.82) is 0 Å². The highest BCUT2D eigenvalue weighted by Crippen LogP contribution is 2.36. The van der Waals surface area contributed by atoms with Gasteiger partial charge in [0, 0.05) is 32.7 Å². The molecule has 6 nitrogen and oxygen atoms in total. The maximum Gasteiger partial charge on any atom is 0.191 e. The molecular weight excluding hydrogens is 396 g/mol. The Balaban J connectivity index is 1.88. The van der Waals surface area contributed by atoms with Crippen LogP contribution in [0.4, 0.5) is 0 Å². The molecule has 1 heterocycles. The zero-order chi connectivity index (χ0) is 18.9. The number of guanidine groups is 1. The SMILES string of the molecule is CCCN1CCC(NC(=NC)NCc2cc(Br)c(OC)c(OC)c2)CC1. The van der Waals surface area contributed by atoms with Gasteiger partial charge in [0.25, 0.3) is 0 Å². The van der Waals surface area contributed by atoms with Gasteiger partial charge in [0.15, 0.2) is 17.5 Å². The highest BCUT2D eigenvalue weighted by Gasteiger charge is 2.19. The van der Waals surface area contributed by atoms with Crippen LogP contribution in [0, 0.1) is 0 Å². The number of ether oxygens (including phenoxy) is 2. The molecule has 0 bridgehead atoms. The quantitative estimate of drug-likeness (QED) is 0.518. The maximum absolute atomic E-state index is 5.41. The van der Waals surface area contributed by atoms with E-state index in [9.17, 15) is 0 Å². The molecule has 0 aromatic heterocycles. The van der Waals surface area contributed by atoms with Gasteiger partial charge in [-0.25, -0.2) is 0 Å². The first-order chi connectivity index (χ1) is 12.6. The first-order valence-corrected chi connectivity index (χ1v) is 10.0. The van der Waals surface area contributed by atoms with E-state index in [0.717, 1.165) is 41.9 Å². The van der Waals surface area contributed by atoms with Crippen LogP contribution in [0.3, 0.4) is 0 Å². The molecule has 0 saturated carbocycles. The third kappa shape index (κ3) is 5.77. The summed E-state index contributed by atoms with van der Waals surface area (Å²) in [6.07, 6.45) is 3.54.